The number of aliphatic hydroxyl groups excluding tert-OH is 2. The van der Waals surface area contributed by atoms with E-state index in [1.807, 2.05) is 84.9 Å². The molecule has 630 valence electrons. The number of hydrogen-bond acceptors (Lipinski definition) is 27. The number of aromatic amines is 2. The Bertz CT molecular complexity index is 7580. The third kappa shape index (κ3) is 14.4. The lowest BCUT2D eigenvalue weighted by Crippen LogP contribution is -2.21. The number of nitrogens with zero attached hydrogens (tertiary/aromatic N) is 2. The number of nitrogens with one attached hydrogen (secondary N) is 2. The number of fused-ring (bicyclic) bond motifs is 10. The highest BCUT2D eigenvalue weighted by molar-refractivity contribution is 6.32. The zero-order chi connectivity index (χ0) is 89.1. The quantitative estimate of drug-likeness (QED) is 0.0242. The molecule has 13 aromatic carbocycles. The van der Waals surface area contributed by atoms with Crippen molar-refractivity contribution in [1.29, 1.82) is 0 Å². The average molecular weight is 1700 g/mol. The van der Waals surface area contributed by atoms with Crippen LogP contribution in [-0.2, 0) is 0 Å². The normalized spacial score (nSPS) is 16.9. The zero-order valence-corrected chi connectivity index (χ0v) is 65.4. The molecule has 23 N–H and O–H groups in total. The van der Waals surface area contributed by atoms with Crippen LogP contribution in [-0.4, -0.2) is 135 Å². The highest BCUT2D eigenvalue weighted by Crippen LogP contribution is 2.53. The standard InChI is InChI=1S/C44H32N4O8.C26H18O4.C14H6O8.C14H12O5/c49-25-9-21(10-26(50)17-25)41-33-1-2-34(45-33)42(22-11-27(51)18-28(52)12-22)36-5-6-38(47-36)44(24-15-31(55)20-32(56)16-24)40-8-7-39(48-40)43(37-4-3-35(41)46-37)23-13-29(53)19-30(54)14-23;27-17-9-15(10-18(28)13-17)25-21-5-1-2-6-22(21)26(24-8-4-3-7-23(24)25)16-11-19(29)14-20(30)12-16;15-5-1-3-7-8-4(14(20)22-11(7)9(5)17)2-6(16)10(18)12(8)21-13(3)19;15-8-5-9(16)14(19)11-10(8)12(17)6-3-1-2-4-7(6)13(11)18/h1-20,33,41,46-47,49-56H;1-14,27-30H;1-2,15-18H;1-5,12-13,15-19H/b42-36-,43-39-,44-38-;;;. The summed E-state index contributed by atoms with van der Waals surface area (Å²) < 4.78 is 9.87. The van der Waals surface area contributed by atoms with Gasteiger partial charge in [-0.15, -0.1) is 0 Å². The van der Waals surface area contributed by atoms with Crippen LogP contribution in [0.4, 0.5) is 0 Å². The molecule has 0 saturated carbocycles. The summed E-state index contributed by atoms with van der Waals surface area (Å²) in [6.07, 6.45) is 4.90. The maximum atomic E-state index is 12.0. The van der Waals surface area contributed by atoms with E-state index in [9.17, 15) is 117 Å². The number of aliphatic hydroxyl groups is 2. The molecule has 1 aliphatic carbocycles. The predicted molar refractivity (Wildman–Crippen MR) is 469 cm³/mol. The van der Waals surface area contributed by atoms with Crippen LogP contribution >= 0.6 is 0 Å². The summed E-state index contributed by atoms with van der Waals surface area (Å²) >= 11 is 0. The van der Waals surface area contributed by atoms with E-state index in [-0.39, 0.29) is 107 Å². The molecule has 4 unspecified atom stereocenters. The van der Waals surface area contributed by atoms with Gasteiger partial charge in [-0.3, -0.25) is 4.99 Å². The number of H-pyrrole nitrogens is 2. The van der Waals surface area contributed by atoms with E-state index in [0.717, 1.165) is 50.9 Å². The number of rotatable bonds is 6. The minimum absolute atomic E-state index is 0.00597. The Balaban J connectivity index is 0.000000128. The van der Waals surface area contributed by atoms with Crippen molar-refractivity contribution in [3.05, 3.63) is 342 Å². The summed E-state index contributed by atoms with van der Waals surface area (Å²) in [5.74, 6) is -6.15. The molecule has 7 heterocycles. The molecule has 17 aromatic rings. The van der Waals surface area contributed by atoms with Gasteiger partial charge in [0.2, 0.25) is 11.5 Å². The van der Waals surface area contributed by atoms with Gasteiger partial charge in [-0.05, 0) is 205 Å². The summed E-state index contributed by atoms with van der Waals surface area (Å²) in [5, 5.41) is 218. The molecule has 29 heteroatoms. The summed E-state index contributed by atoms with van der Waals surface area (Å²) in [4.78, 5) is 41.2. The molecule has 0 radical (unpaired) electrons. The Morgan fingerprint density at radius 3 is 1.13 bits per heavy atom. The number of aromatic nitrogens is 2. The molecule has 127 heavy (non-hydrogen) atoms. The van der Waals surface area contributed by atoms with Crippen molar-refractivity contribution in [3.8, 4) is 131 Å². The van der Waals surface area contributed by atoms with E-state index in [1.54, 1.807) is 72.8 Å². The van der Waals surface area contributed by atoms with Gasteiger partial charge < -0.3 is 126 Å². The fourth-order valence-electron chi connectivity index (χ4n) is 17.1. The lowest BCUT2D eigenvalue weighted by atomic mass is 9.81. The second-order valence-electron chi connectivity index (χ2n) is 30.4. The maximum absolute atomic E-state index is 12.0. The van der Waals surface area contributed by atoms with Crippen molar-refractivity contribution in [1.82, 2.24) is 9.97 Å². The molecule has 0 amide bonds. The number of phenolic OH excluding ortho intramolecular Hbond substituents is 19. The second kappa shape index (κ2) is 31.1. The fraction of sp³-hybridized carbons (Fsp3) is 0.0408. The lowest BCUT2D eigenvalue weighted by molar-refractivity contribution is 0.166. The van der Waals surface area contributed by atoms with Crippen LogP contribution < -0.4 is 21.9 Å². The summed E-state index contributed by atoms with van der Waals surface area (Å²) in [7, 11) is 0. The van der Waals surface area contributed by atoms with Crippen molar-refractivity contribution in [3.63, 3.8) is 0 Å². The Morgan fingerprint density at radius 1 is 0.323 bits per heavy atom. The van der Waals surface area contributed by atoms with Gasteiger partial charge in [-0.1, -0.05) is 78.9 Å². The molecule has 4 aromatic heterocycles. The molecule has 0 saturated heterocycles. The van der Waals surface area contributed by atoms with E-state index in [1.165, 1.54) is 72.8 Å². The first-order chi connectivity index (χ1) is 60.9. The maximum Gasteiger partial charge on any atom is 0.344 e. The summed E-state index contributed by atoms with van der Waals surface area (Å²) in [6.45, 7) is 0. The van der Waals surface area contributed by atoms with Crippen molar-refractivity contribution in [2.75, 3.05) is 0 Å². The molecule has 3 aliphatic heterocycles. The summed E-state index contributed by atoms with van der Waals surface area (Å²) in [5.41, 5.74) is 7.37. The largest absolute Gasteiger partial charge is 0.508 e. The minimum atomic E-state index is -1.22. The Morgan fingerprint density at radius 2 is 0.701 bits per heavy atom. The first-order valence-corrected chi connectivity index (χ1v) is 38.8. The van der Waals surface area contributed by atoms with Crippen molar-refractivity contribution in [2.24, 2.45) is 9.98 Å². The molecular weight excluding hydrogens is 1630 g/mol. The first-order valence-electron chi connectivity index (χ1n) is 38.8. The van der Waals surface area contributed by atoms with Gasteiger partial charge in [0.05, 0.1) is 39.9 Å². The molecule has 21 rings (SSSR count). The van der Waals surface area contributed by atoms with Gasteiger partial charge in [0.1, 0.15) is 87.0 Å². The monoisotopic (exact) mass is 1700 g/mol. The molecule has 4 atom stereocenters. The van der Waals surface area contributed by atoms with E-state index in [4.69, 9.17) is 18.8 Å². The molecular formula is C98H68N4O25. The highest BCUT2D eigenvalue weighted by atomic mass is 16.4. The second-order valence-corrected chi connectivity index (χ2v) is 30.4. The van der Waals surface area contributed by atoms with E-state index in [0.29, 0.717) is 100 Å². The molecule has 0 fully saturated rings. The number of phenols is 19. The zero-order valence-electron chi connectivity index (χ0n) is 65.4. The Labute approximate surface area is 712 Å². The average Bonchev–Trinajstić information content (AvgIpc) is 1.15. The fourth-order valence-corrected chi connectivity index (χ4v) is 17.1. The predicted octanol–water partition coefficient (Wildman–Crippen LogP) is 14.1. The van der Waals surface area contributed by atoms with Crippen LogP contribution in [0.15, 0.2) is 283 Å². The number of aliphatic imine (C=N–C) groups is 2. The van der Waals surface area contributed by atoms with Crippen molar-refractivity contribution in [2.45, 2.75) is 24.2 Å². The van der Waals surface area contributed by atoms with Gasteiger partial charge in [0, 0.05) is 103 Å². The number of hydrogen-bond donors (Lipinski definition) is 23. The molecule has 8 bridgehead atoms. The Hall–Kier alpha value is -17.7. The third-order valence-corrected chi connectivity index (χ3v) is 22.2. The number of allylic oxidation sites excluding steroid dienone is 3. The topological polar surface area (TPSA) is 542 Å². The third-order valence-electron chi connectivity index (χ3n) is 22.2. The van der Waals surface area contributed by atoms with Gasteiger partial charge in [0.15, 0.2) is 34.2 Å². The number of aromatic hydroxyl groups is 19. The highest BCUT2D eigenvalue weighted by Gasteiger charge is 2.37. The molecule has 0 spiro atoms. The van der Waals surface area contributed by atoms with Crippen LogP contribution in [0.5, 0.6) is 109 Å². The van der Waals surface area contributed by atoms with Crippen LogP contribution in [0.3, 0.4) is 0 Å². The van der Waals surface area contributed by atoms with Gasteiger partial charge in [0.25, 0.3) is 0 Å². The van der Waals surface area contributed by atoms with E-state index >= 15 is 0 Å². The summed E-state index contributed by atoms with van der Waals surface area (Å²) in [6, 6.07) is 58.2. The van der Waals surface area contributed by atoms with Gasteiger partial charge in [-0.2, -0.15) is 0 Å². The van der Waals surface area contributed by atoms with Crippen LogP contribution in [0.1, 0.15) is 74.0 Å². The van der Waals surface area contributed by atoms with Gasteiger partial charge in [-0.25, -0.2) is 14.6 Å². The molecule has 29 nitrogen and oxygen atoms in total. The van der Waals surface area contributed by atoms with Gasteiger partial charge >= 0.3 is 11.3 Å². The van der Waals surface area contributed by atoms with Crippen molar-refractivity contribution >= 4 is 82.4 Å². The van der Waals surface area contributed by atoms with E-state index in [2.05, 4.69) is 9.97 Å². The SMILES string of the molecule is O=c1oc2c(O)c(O)cc3c(=O)oc4c(O)c(O)cc1c4c23.Oc1cc(O)c2c(c1O)C(O)c1ccccc1C2O.Oc1cc(O)cc(-c2c3ccccc3c(-c3cc(O)cc(O)c3)c3ccccc23)c1.Oc1cc(O)cc(/C2=C3\C=CC(=N3)/C(c3cc(O)cc(O)c3)=c3/cc/c([nH]3)=C(\c3cc(O)cc(O)c3)C3=NC(C=C3)C(c3cc(O)cc(O)c3)c3ccc2[nH]3)c1. The Kier molecular flexibility index (Phi) is 19.7. The van der Waals surface area contributed by atoms with Crippen LogP contribution in [0.2, 0.25) is 0 Å². The van der Waals surface area contributed by atoms with E-state index < -0.39 is 81.1 Å². The van der Waals surface area contributed by atoms with Crippen molar-refractivity contribution < 1.29 is 116 Å². The molecule has 4 aliphatic rings. The van der Waals surface area contributed by atoms with Crippen LogP contribution in [0.25, 0.3) is 93.2 Å². The minimum Gasteiger partial charge on any atom is -0.508 e. The smallest absolute Gasteiger partial charge is 0.344 e. The lowest BCUT2D eigenvalue weighted by Gasteiger charge is -2.30. The number of benzene rings is 13. The first kappa shape index (κ1) is 80.4. The van der Waals surface area contributed by atoms with Crippen LogP contribution in [0, 0.1) is 0 Å².